The van der Waals surface area contributed by atoms with Crippen molar-refractivity contribution in [2.45, 2.75) is 17.9 Å². The number of anilines is 2. The molecule has 3 rings (SSSR count). The summed E-state index contributed by atoms with van der Waals surface area (Å²) in [6.07, 6.45) is -0.739. The number of hydrogen-bond acceptors (Lipinski definition) is 4. The van der Waals surface area contributed by atoms with E-state index in [1.54, 1.807) is 37.3 Å². The summed E-state index contributed by atoms with van der Waals surface area (Å²) in [5, 5.41) is 6.33. The average Bonchev–Trinajstić information content (AvgIpc) is 2.57. The van der Waals surface area contributed by atoms with Gasteiger partial charge in [-0.25, -0.2) is 0 Å². The Hall–Kier alpha value is -1.89. The molecule has 2 amide bonds. The van der Waals surface area contributed by atoms with Crippen LogP contribution in [0.3, 0.4) is 0 Å². The van der Waals surface area contributed by atoms with Gasteiger partial charge in [-0.1, -0.05) is 23.2 Å². The van der Waals surface area contributed by atoms with Crippen LogP contribution >= 0.6 is 35.0 Å². The van der Waals surface area contributed by atoms with Gasteiger partial charge >= 0.3 is 0 Å². The molecule has 8 heteroatoms. The van der Waals surface area contributed by atoms with E-state index >= 15 is 0 Å². The second-order valence-electron chi connectivity index (χ2n) is 5.37. The summed E-state index contributed by atoms with van der Waals surface area (Å²) in [7, 11) is 0. The van der Waals surface area contributed by atoms with Gasteiger partial charge in [0.25, 0.3) is 5.91 Å². The number of hydrogen-bond donors (Lipinski definition) is 2. The number of carbonyl (C=O) groups is 2. The van der Waals surface area contributed by atoms with E-state index in [-0.39, 0.29) is 11.8 Å². The molecule has 0 aromatic heterocycles. The van der Waals surface area contributed by atoms with E-state index in [0.29, 0.717) is 32.9 Å². The highest BCUT2D eigenvalue weighted by atomic mass is 35.5. The van der Waals surface area contributed by atoms with Crippen molar-refractivity contribution in [2.75, 3.05) is 16.4 Å². The van der Waals surface area contributed by atoms with Crippen molar-refractivity contribution in [3.05, 3.63) is 46.4 Å². The number of thioether (sulfide) groups is 1. The summed E-state index contributed by atoms with van der Waals surface area (Å²) >= 11 is 13.3. The van der Waals surface area contributed by atoms with Crippen molar-refractivity contribution in [1.82, 2.24) is 0 Å². The molecule has 1 atom stereocenters. The van der Waals surface area contributed by atoms with Crippen molar-refractivity contribution in [2.24, 2.45) is 0 Å². The quantitative estimate of drug-likeness (QED) is 0.800. The van der Waals surface area contributed by atoms with Gasteiger partial charge in [-0.05, 0) is 37.3 Å². The first-order valence-corrected chi connectivity index (χ1v) is 9.16. The molecule has 1 aliphatic heterocycles. The molecule has 1 unspecified atom stereocenters. The van der Waals surface area contributed by atoms with Gasteiger partial charge in [0, 0.05) is 16.6 Å². The lowest BCUT2D eigenvalue weighted by Gasteiger charge is -2.18. The fourth-order valence-electron chi connectivity index (χ4n) is 2.21. The van der Waals surface area contributed by atoms with Gasteiger partial charge in [0.2, 0.25) is 5.91 Å². The molecule has 5 nitrogen and oxygen atoms in total. The number of nitrogens with one attached hydrogen (secondary N) is 2. The smallest absolute Gasteiger partial charge is 0.265 e. The zero-order chi connectivity index (χ0) is 18.0. The van der Waals surface area contributed by atoms with Crippen LogP contribution in [0.15, 0.2) is 41.3 Å². The number of benzene rings is 2. The summed E-state index contributed by atoms with van der Waals surface area (Å²) < 4.78 is 5.58. The molecule has 0 saturated heterocycles. The lowest BCUT2D eigenvalue weighted by molar-refractivity contribution is -0.122. The SMILES string of the molecule is CC(Oc1ccc(Cl)c(Cl)c1)C(=O)Nc1ccc2c(c1)NC(=O)CS2. The van der Waals surface area contributed by atoms with Crippen molar-refractivity contribution >= 4 is 58.2 Å². The van der Waals surface area contributed by atoms with Crippen molar-refractivity contribution in [1.29, 1.82) is 0 Å². The molecule has 0 fully saturated rings. The Labute approximate surface area is 159 Å². The molecule has 1 aliphatic rings. The van der Waals surface area contributed by atoms with Crippen LogP contribution < -0.4 is 15.4 Å². The van der Waals surface area contributed by atoms with Crippen LogP contribution in [0.25, 0.3) is 0 Å². The molecule has 0 bridgehead atoms. The molecule has 0 aliphatic carbocycles. The van der Waals surface area contributed by atoms with Crippen LogP contribution in [0.4, 0.5) is 11.4 Å². The topological polar surface area (TPSA) is 67.4 Å². The molecule has 2 N–H and O–H groups in total. The minimum Gasteiger partial charge on any atom is -0.481 e. The summed E-state index contributed by atoms with van der Waals surface area (Å²) in [6, 6.07) is 10.2. The Morgan fingerprint density at radius 3 is 2.80 bits per heavy atom. The van der Waals surface area contributed by atoms with Crippen LogP contribution in [0.2, 0.25) is 10.0 Å². The third-order valence-electron chi connectivity index (χ3n) is 3.45. The maximum absolute atomic E-state index is 12.3. The Bertz CT molecular complexity index is 845. The third-order valence-corrected chi connectivity index (χ3v) is 5.27. The highest BCUT2D eigenvalue weighted by Gasteiger charge is 2.18. The molecule has 0 radical (unpaired) electrons. The van der Waals surface area contributed by atoms with E-state index in [4.69, 9.17) is 27.9 Å². The molecule has 2 aromatic carbocycles. The van der Waals surface area contributed by atoms with E-state index in [1.165, 1.54) is 11.8 Å². The Morgan fingerprint density at radius 1 is 1.24 bits per heavy atom. The number of carbonyl (C=O) groups excluding carboxylic acids is 2. The van der Waals surface area contributed by atoms with Crippen molar-refractivity contribution in [3.63, 3.8) is 0 Å². The number of halogens is 2. The molecule has 0 spiro atoms. The van der Waals surface area contributed by atoms with Gasteiger partial charge in [0.05, 0.1) is 21.5 Å². The minimum atomic E-state index is -0.739. The van der Waals surface area contributed by atoms with Crippen molar-refractivity contribution in [3.8, 4) is 5.75 Å². The zero-order valence-electron chi connectivity index (χ0n) is 13.1. The molecular weight excluding hydrogens is 383 g/mol. The summed E-state index contributed by atoms with van der Waals surface area (Å²) in [6.45, 7) is 1.63. The highest BCUT2D eigenvalue weighted by Crippen LogP contribution is 2.33. The first-order chi connectivity index (χ1) is 11.9. The number of fused-ring (bicyclic) bond motifs is 1. The fraction of sp³-hybridized carbons (Fsp3) is 0.176. The van der Waals surface area contributed by atoms with Gasteiger partial charge in [0.1, 0.15) is 5.75 Å². The van der Waals surface area contributed by atoms with E-state index in [9.17, 15) is 9.59 Å². The summed E-state index contributed by atoms with van der Waals surface area (Å²) in [5.74, 6) is 0.469. The van der Waals surface area contributed by atoms with E-state index in [1.807, 2.05) is 6.07 Å². The summed E-state index contributed by atoms with van der Waals surface area (Å²) in [5.41, 5.74) is 1.27. The van der Waals surface area contributed by atoms with E-state index in [0.717, 1.165) is 4.90 Å². The molecule has 1 heterocycles. The van der Waals surface area contributed by atoms with Gasteiger partial charge in [-0.3, -0.25) is 9.59 Å². The average molecular weight is 397 g/mol. The van der Waals surface area contributed by atoms with Crippen LogP contribution in [-0.4, -0.2) is 23.7 Å². The maximum atomic E-state index is 12.3. The van der Waals surface area contributed by atoms with Crippen LogP contribution in [0.5, 0.6) is 5.75 Å². The Morgan fingerprint density at radius 2 is 2.04 bits per heavy atom. The van der Waals surface area contributed by atoms with E-state index < -0.39 is 6.10 Å². The molecule has 130 valence electrons. The van der Waals surface area contributed by atoms with Crippen LogP contribution in [0.1, 0.15) is 6.92 Å². The Balaban J connectivity index is 1.66. The Kier molecular flexibility index (Phi) is 5.42. The first-order valence-electron chi connectivity index (χ1n) is 7.41. The normalized spacial score (nSPS) is 14.3. The largest absolute Gasteiger partial charge is 0.481 e. The van der Waals surface area contributed by atoms with Crippen LogP contribution in [-0.2, 0) is 9.59 Å². The monoisotopic (exact) mass is 396 g/mol. The minimum absolute atomic E-state index is 0.0581. The summed E-state index contributed by atoms with van der Waals surface area (Å²) in [4.78, 5) is 24.7. The molecule has 0 saturated carbocycles. The predicted molar refractivity (Wildman–Crippen MR) is 101 cm³/mol. The highest BCUT2D eigenvalue weighted by molar-refractivity contribution is 8.00. The fourth-order valence-corrected chi connectivity index (χ4v) is 3.29. The lowest BCUT2D eigenvalue weighted by Crippen LogP contribution is -2.30. The maximum Gasteiger partial charge on any atom is 0.265 e. The molecule has 2 aromatic rings. The van der Waals surface area contributed by atoms with Gasteiger partial charge in [-0.15, -0.1) is 11.8 Å². The second kappa shape index (κ2) is 7.56. The van der Waals surface area contributed by atoms with Gasteiger partial charge in [-0.2, -0.15) is 0 Å². The third kappa shape index (κ3) is 4.39. The number of amides is 2. The molecular formula is C17H14Cl2N2O3S. The molecule has 25 heavy (non-hydrogen) atoms. The predicted octanol–water partition coefficient (Wildman–Crippen LogP) is 4.44. The lowest BCUT2D eigenvalue weighted by atomic mass is 10.2. The standard InChI is InChI=1S/C17H14Cl2N2O3S/c1-9(24-11-3-4-12(18)13(19)7-11)17(23)20-10-2-5-15-14(6-10)21-16(22)8-25-15/h2-7,9H,8H2,1H3,(H,20,23)(H,21,22). The second-order valence-corrected chi connectivity index (χ2v) is 7.20. The van der Waals surface area contributed by atoms with E-state index in [2.05, 4.69) is 10.6 Å². The number of ether oxygens (including phenoxy) is 1. The van der Waals surface area contributed by atoms with Gasteiger partial charge in [0.15, 0.2) is 6.10 Å². The van der Waals surface area contributed by atoms with Gasteiger partial charge < -0.3 is 15.4 Å². The zero-order valence-corrected chi connectivity index (χ0v) is 15.5. The first kappa shape index (κ1) is 17.9. The van der Waals surface area contributed by atoms with Crippen molar-refractivity contribution < 1.29 is 14.3 Å². The number of rotatable bonds is 4. The van der Waals surface area contributed by atoms with Crippen LogP contribution in [0, 0.1) is 0 Å².